The van der Waals surface area contributed by atoms with Crippen molar-refractivity contribution in [2.24, 2.45) is 4.99 Å². The number of amidine groups is 1. The lowest BCUT2D eigenvalue weighted by Gasteiger charge is -2.12. The van der Waals surface area contributed by atoms with Gasteiger partial charge in [0.05, 0.1) is 24.8 Å². The number of carbonyl (C=O) groups excluding carboxylic acids is 2. The van der Waals surface area contributed by atoms with Crippen molar-refractivity contribution in [2.75, 3.05) is 27.4 Å². The van der Waals surface area contributed by atoms with Crippen molar-refractivity contribution in [3.8, 4) is 11.5 Å². The van der Waals surface area contributed by atoms with E-state index in [1.165, 1.54) is 18.9 Å². The summed E-state index contributed by atoms with van der Waals surface area (Å²) in [5.74, 6) is 0.768. The summed E-state index contributed by atoms with van der Waals surface area (Å²) < 4.78 is 15.0. The van der Waals surface area contributed by atoms with Gasteiger partial charge in [-0.1, -0.05) is 12.1 Å². The molecule has 1 aliphatic heterocycles. The summed E-state index contributed by atoms with van der Waals surface area (Å²) in [5, 5.41) is 0.636. The van der Waals surface area contributed by atoms with Gasteiger partial charge >= 0.3 is 5.97 Å². The first kappa shape index (κ1) is 21.4. The Balaban J connectivity index is 1.75. The Kier molecular flexibility index (Phi) is 7.13. The molecule has 1 saturated heterocycles. The van der Waals surface area contributed by atoms with Gasteiger partial charge in [-0.15, -0.1) is 0 Å². The quantitative estimate of drug-likeness (QED) is 0.494. The van der Waals surface area contributed by atoms with Crippen LogP contribution in [0.5, 0.6) is 11.5 Å². The monoisotopic (exact) mass is 426 g/mol. The molecule has 0 aliphatic carbocycles. The number of carbonyl (C=O) groups is 2. The molecule has 1 amide bonds. The number of methoxy groups -OCH3 is 2. The number of thioether (sulfide) groups is 1. The molecular formula is C22H22N2O5S. The van der Waals surface area contributed by atoms with E-state index >= 15 is 0 Å². The topological polar surface area (TPSA) is 77.4 Å². The molecule has 0 N–H and O–H groups in total. The molecule has 2 aromatic carbocycles. The van der Waals surface area contributed by atoms with Crippen molar-refractivity contribution in [1.29, 1.82) is 0 Å². The van der Waals surface area contributed by atoms with Crippen molar-refractivity contribution in [3.05, 3.63) is 59.0 Å². The Labute approximate surface area is 179 Å². The van der Waals surface area contributed by atoms with E-state index in [9.17, 15) is 9.59 Å². The highest BCUT2D eigenvalue weighted by atomic mass is 32.2. The number of hydrogen-bond acceptors (Lipinski definition) is 7. The maximum Gasteiger partial charge on any atom is 0.343 e. The molecule has 1 heterocycles. The van der Waals surface area contributed by atoms with Crippen molar-refractivity contribution in [1.82, 2.24) is 4.90 Å². The number of likely N-dealkylation sites (N-methyl/N-ethyl adjacent to an activating group) is 1. The fourth-order valence-electron chi connectivity index (χ4n) is 2.65. The Hall–Kier alpha value is -3.26. The molecule has 7 nitrogen and oxygen atoms in total. The first-order valence-electron chi connectivity index (χ1n) is 9.28. The molecule has 2 aromatic rings. The zero-order chi connectivity index (χ0) is 21.5. The van der Waals surface area contributed by atoms with Crippen molar-refractivity contribution in [2.45, 2.75) is 6.92 Å². The standard InChI is InChI=1S/C22H22N2O5S/c1-4-24-21(26)19(30-22(24)23-16-7-11-17(27-2)12-8-16)13-15-5-9-18(10-6-15)29-14-20(25)28-3/h5-13H,4,14H2,1-3H3/b19-13+,23-22?. The zero-order valence-corrected chi connectivity index (χ0v) is 17.8. The molecule has 0 aromatic heterocycles. The highest BCUT2D eigenvalue weighted by molar-refractivity contribution is 8.18. The van der Waals surface area contributed by atoms with Crippen LogP contribution in [0.2, 0.25) is 0 Å². The first-order valence-corrected chi connectivity index (χ1v) is 10.1. The predicted octanol–water partition coefficient (Wildman–Crippen LogP) is 3.87. The van der Waals surface area contributed by atoms with Gasteiger partial charge in [-0.3, -0.25) is 9.69 Å². The normalized spacial score (nSPS) is 16.2. The minimum atomic E-state index is -0.447. The Morgan fingerprint density at radius 3 is 2.33 bits per heavy atom. The second kappa shape index (κ2) is 9.98. The summed E-state index contributed by atoms with van der Waals surface area (Å²) in [5.41, 5.74) is 1.59. The summed E-state index contributed by atoms with van der Waals surface area (Å²) in [6, 6.07) is 14.5. The number of aliphatic imine (C=N–C) groups is 1. The molecule has 0 atom stereocenters. The van der Waals surface area contributed by atoms with Crippen LogP contribution in [0, 0.1) is 0 Å². The second-order valence-corrected chi connectivity index (χ2v) is 7.20. The third kappa shape index (κ3) is 5.21. The molecular weight excluding hydrogens is 404 g/mol. The first-order chi connectivity index (χ1) is 14.5. The van der Waals surface area contributed by atoms with Gasteiger partial charge < -0.3 is 14.2 Å². The number of ether oxygens (including phenoxy) is 3. The molecule has 0 unspecified atom stereocenters. The molecule has 3 rings (SSSR count). The van der Waals surface area contributed by atoms with Gasteiger partial charge in [-0.2, -0.15) is 0 Å². The maximum absolute atomic E-state index is 12.8. The lowest BCUT2D eigenvalue weighted by molar-refractivity contribution is -0.142. The third-order valence-electron chi connectivity index (χ3n) is 4.26. The Morgan fingerprint density at radius 2 is 1.73 bits per heavy atom. The minimum Gasteiger partial charge on any atom is -0.497 e. The van der Waals surface area contributed by atoms with Crippen LogP contribution >= 0.6 is 11.8 Å². The van der Waals surface area contributed by atoms with E-state index in [2.05, 4.69) is 9.73 Å². The SMILES string of the molecule is CCN1C(=O)/C(=C\c2ccc(OCC(=O)OC)cc2)SC1=Nc1ccc(OC)cc1. The van der Waals surface area contributed by atoms with Crippen LogP contribution in [0.3, 0.4) is 0 Å². The van der Waals surface area contributed by atoms with E-state index < -0.39 is 5.97 Å². The molecule has 30 heavy (non-hydrogen) atoms. The molecule has 0 saturated carbocycles. The van der Waals surface area contributed by atoms with E-state index in [1.807, 2.05) is 49.4 Å². The van der Waals surface area contributed by atoms with Gasteiger partial charge in [0, 0.05) is 6.54 Å². The van der Waals surface area contributed by atoms with Gasteiger partial charge in [0.2, 0.25) is 0 Å². The van der Waals surface area contributed by atoms with Crippen molar-refractivity contribution >= 4 is 40.6 Å². The largest absolute Gasteiger partial charge is 0.497 e. The molecule has 156 valence electrons. The lowest BCUT2D eigenvalue weighted by atomic mass is 10.2. The molecule has 1 aliphatic rings. The Bertz CT molecular complexity index is 968. The summed E-state index contributed by atoms with van der Waals surface area (Å²) in [6.45, 7) is 2.29. The van der Waals surface area contributed by atoms with Crippen LogP contribution in [0.15, 0.2) is 58.4 Å². The molecule has 0 spiro atoms. The zero-order valence-electron chi connectivity index (χ0n) is 17.0. The van der Waals surface area contributed by atoms with Gasteiger partial charge in [0.1, 0.15) is 11.5 Å². The summed E-state index contributed by atoms with van der Waals surface area (Å²) >= 11 is 1.34. The second-order valence-electron chi connectivity index (χ2n) is 6.19. The number of esters is 1. The molecule has 1 fully saturated rings. The van der Waals surface area contributed by atoms with Crippen LogP contribution in [0.4, 0.5) is 5.69 Å². The van der Waals surface area contributed by atoms with E-state index in [1.54, 1.807) is 24.1 Å². The minimum absolute atomic E-state index is 0.0826. The van der Waals surface area contributed by atoms with Crippen LogP contribution < -0.4 is 9.47 Å². The van der Waals surface area contributed by atoms with Gasteiger partial charge in [-0.25, -0.2) is 9.79 Å². The molecule has 0 bridgehead atoms. The van der Waals surface area contributed by atoms with Crippen molar-refractivity contribution < 1.29 is 23.8 Å². The average molecular weight is 426 g/mol. The predicted molar refractivity (Wildman–Crippen MR) is 117 cm³/mol. The lowest BCUT2D eigenvalue weighted by Crippen LogP contribution is -2.28. The van der Waals surface area contributed by atoms with E-state index in [4.69, 9.17) is 9.47 Å². The van der Waals surface area contributed by atoms with E-state index in [0.717, 1.165) is 17.0 Å². The summed E-state index contributed by atoms with van der Waals surface area (Å²) in [6.07, 6.45) is 1.82. The summed E-state index contributed by atoms with van der Waals surface area (Å²) in [7, 11) is 2.92. The van der Waals surface area contributed by atoms with Crippen molar-refractivity contribution in [3.63, 3.8) is 0 Å². The average Bonchev–Trinajstić information content (AvgIpc) is 3.07. The highest BCUT2D eigenvalue weighted by Gasteiger charge is 2.32. The number of amides is 1. The van der Waals surface area contributed by atoms with Gasteiger partial charge in [0.25, 0.3) is 5.91 Å². The number of nitrogens with zero attached hydrogens (tertiary/aromatic N) is 2. The Morgan fingerprint density at radius 1 is 1.07 bits per heavy atom. The fourth-order valence-corrected chi connectivity index (χ4v) is 3.71. The van der Waals surface area contributed by atoms with E-state index in [0.29, 0.717) is 22.4 Å². The summed E-state index contributed by atoms with van der Waals surface area (Å²) in [4.78, 5) is 30.8. The van der Waals surface area contributed by atoms with Crippen LogP contribution in [-0.4, -0.2) is 49.3 Å². The number of benzene rings is 2. The fraction of sp³-hybridized carbons (Fsp3) is 0.227. The van der Waals surface area contributed by atoms with Crippen LogP contribution in [-0.2, 0) is 14.3 Å². The van der Waals surface area contributed by atoms with Crippen LogP contribution in [0.1, 0.15) is 12.5 Å². The number of rotatable bonds is 7. The van der Waals surface area contributed by atoms with E-state index in [-0.39, 0.29) is 12.5 Å². The maximum atomic E-state index is 12.8. The molecule has 0 radical (unpaired) electrons. The third-order valence-corrected chi connectivity index (χ3v) is 5.27. The highest BCUT2D eigenvalue weighted by Crippen LogP contribution is 2.34. The number of hydrogen-bond donors (Lipinski definition) is 0. The molecule has 8 heteroatoms. The smallest absolute Gasteiger partial charge is 0.343 e. The van der Waals surface area contributed by atoms with Gasteiger partial charge in [0.15, 0.2) is 11.8 Å². The van der Waals surface area contributed by atoms with Gasteiger partial charge in [-0.05, 0) is 66.7 Å². The van der Waals surface area contributed by atoms with Crippen LogP contribution in [0.25, 0.3) is 6.08 Å².